The predicted molar refractivity (Wildman–Crippen MR) is 78.9 cm³/mol. The number of furan rings is 1. The lowest BCUT2D eigenvalue weighted by Gasteiger charge is -2.19. The molecule has 2 heterocycles. The quantitative estimate of drug-likeness (QED) is 0.855. The summed E-state index contributed by atoms with van der Waals surface area (Å²) in [4.78, 5) is 2.52. The lowest BCUT2D eigenvalue weighted by Crippen LogP contribution is -2.26. The van der Waals surface area contributed by atoms with E-state index in [0.29, 0.717) is 12.0 Å². The molecule has 1 aromatic rings. The summed E-state index contributed by atoms with van der Waals surface area (Å²) in [5.41, 5.74) is 1.26. The van der Waals surface area contributed by atoms with Gasteiger partial charge in [-0.2, -0.15) is 0 Å². The van der Waals surface area contributed by atoms with Gasteiger partial charge in [0.05, 0.1) is 12.8 Å². The Kier molecular flexibility index (Phi) is 5.06. The fourth-order valence-corrected chi connectivity index (χ4v) is 2.91. The van der Waals surface area contributed by atoms with Crippen molar-refractivity contribution in [2.45, 2.75) is 53.2 Å². The Balaban J connectivity index is 1.80. The Morgan fingerprint density at radius 3 is 2.84 bits per heavy atom. The molecule has 0 bridgehead atoms. The highest BCUT2D eigenvalue weighted by Gasteiger charge is 2.26. The summed E-state index contributed by atoms with van der Waals surface area (Å²) in [6, 6.07) is 2.88. The minimum Gasteiger partial charge on any atom is -0.468 e. The Hall–Kier alpha value is -0.800. The Morgan fingerprint density at radius 1 is 1.42 bits per heavy atom. The molecule has 2 atom stereocenters. The zero-order valence-corrected chi connectivity index (χ0v) is 12.8. The van der Waals surface area contributed by atoms with Crippen molar-refractivity contribution in [1.82, 2.24) is 10.2 Å². The minimum atomic E-state index is 0.683. The number of hydrogen-bond acceptors (Lipinski definition) is 3. The Labute approximate surface area is 117 Å². The van der Waals surface area contributed by atoms with Crippen molar-refractivity contribution in [1.29, 1.82) is 0 Å². The van der Waals surface area contributed by atoms with Crippen molar-refractivity contribution in [3.63, 3.8) is 0 Å². The van der Waals surface area contributed by atoms with Crippen LogP contribution in [0.2, 0.25) is 0 Å². The fraction of sp³-hybridized carbons (Fsp3) is 0.750. The normalized spacial score (nSPS) is 24.5. The molecule has 2 rings (SSSR count). The Morgan fingerprint density at radius 2 is 2.21 bits per heavy atom. The summed E-state index contributed by atoms with van der Waals surface area (Å²) >= 11 is 0. The van der Waals surface area contributed by atoms with E-state index in [2.05, 4.69) is 44.0 Å². The first-order chi connectivity index (χ1) is 9.04. The zero-order valence-electron chi connectivity index (χ0n) is 12.8. The maximum absolute atomic E-state index is 5.69. The number of nitrogens with one attached hydrogen (secondary N) is 1. The third kappa shape index (κ3) is 4.36. The summed E-state index contributed by atoms with van der Waals surface area (Å²) in [5.74, 6) is 2.61. The lowest BCUT2D eigenvalue weighted by atomic mass is 10.1. The fourth-order valence-electron chi connectivity index (χ4n) is 2.91. The van der Waals surface area contributed by atoms with E-state index in [4.69, 9.17) is 4.42 Å². The monoisotopic (exact) mass is 264 g/mol. The molecule has 1 aliphatic heterocycles. The van der Waals surface area contributed by atoms with Gasteiger partial charge in [0, 0.05) is 24.7 Å². The molecule has 1 N–H and O–H groups in total. The standard InChI is InChI=1S/C16H28N2O/c1-12(2)7-17-8-15-6-16(19-11-15)10-18-9-13(3)5-14(18)4/h6,11-14,17H,5,7-10H2,1-4H3. The second-order valence-corrected chi connectivity index (χ2v) is 6.57. The van der Waals surface area contributed by atoms with Crippen LogP contribution in [0, 0.1) is 11.8 Å². The van der Waals surface area contributed by atoms with Crippen molar-refractivity contribution < 1.29 is 4.42 Å². The van der Waals surface area contributed by atoms with Crippen LogP contribution in [-0.2, 0) is 13.1 Å². The molecule has 3 heteroatoms. The molecule has 2 unspecified atom stereocenters. The highest BCUT2D eigenvalue weighted by molar-refractivity contribution is 5.13. The van der Waals surface area contributed by atoms with E-state index >= 15 is 0 Å². The molecule has 3 nitrogen and oxygen atoms in total. The van der Waals surface area contributed by atoms with Crippen molar-refractivity contribution in [3.8, 4) is 0 Å². The average Bonchev–Trinajstić information content (AvgIpc) is 2.87. The molecule has 1 fully saturated rings. The van der Waals surface area contributed by atoms with Crippen LogP contribution in [0.5, 0.6) is 0 Å². The topological polar surface area (TPSA) is 28.4 Å². The summed E-state index contributed by atoms with van der Waals surface area (Å²) in [6.45, 7) is 13.2. The number of likely N-dealkylation sites (tertiary alicyclic amines) is 1. The molecule has 0 aliphatic carbocycles. The van der Waals surface area contributed by atoms with Gasteiger partial charge < -0.3 is 9.73 Å². The second kappa shape index (κ2) is 6.58. The van der Waals surface area contributed by atoms with Crippen LogP contribution >= 0.6 is 0 Å². The molecular weight excluding hydrogens is 236 g/mol. The third-order valence-electron chi connectivity index (χ3n) is 3.86. The lowest BCUT2D eigenvalue weighted by molar-refractivity contribution is 0.235. The van der Waals surface area contributed by atoms with E-state index in [1.807, 2.05) is 6.26 Å². The molecule has 1 aliphatic rings. The van der Waals surface area contributed by atoms with Crippen molar-refractivity contribution in [3.05, 3.63) is 23.7 Å². The highest BCUT2D eigenvalue weighted by Crippen LogP contribution is 2.24. The SMILES string of the molecule is CC(C)CNCc1coc(CN2CC(C)CC2C)c1. The molecule has 0 amide bonds. The average molecular weight is 264 g/mol. The number of hydrogen-bond donors (Lipinski definition) is 1. The van der Waals surface area contributed by atoms with Gasteiger partial charge in [0.2, 0.25) is 0 Å². The van der Waals surface area contributed by atoms with E-state index in [1.54, 1.807) is 0 Å². The van der Waals surface area contributed by atoms with E-state index < -0.39 is 0 Å². The largest absolute Gasteiger partial charge is 0.468 e. The van der Waals surface area contributed by atoms with Crippen LogP contribution in [0.3, 0.4) is 0 Å². The van der Waals surface area contributed by atoms with Gasteiger partial charge >= 0.3 is 0 Å². The van der Waals surface area contributed by atoms with Gasteiger partial charge in [-0.25, -0.2) is 0 Å². The smallest absolute Gasteiger partial charge is 0.118 e. The van der Waals surface area contributed by atoms with Gasteiger partial charge in [0.15, 0.2) is 0 Å². The molecule has 0 aromatic carbocycles. The highest BCUT2D eigenvalue weighted by atomic mass is 16.3. The van der Waals surface area contributed by atoms with Crippen LogP contribution in [0.15, 0.2) is 16.7 Å². The van der Waals surface area contributed by atoms with Crippen LogP contribution in [0.4, 0.5) is 0 Å². The maximum Gasteiger partial charge on any atom is 0.118 e. The third-order valence-corrected chi connectivity index (χ3v) is 3.86. The van der Waals surface area contributed by atoms with Gasteiger partial charge in [-0.1, -0.05) is 20.8 Å². The van der Waals surface area contributed by atoms with Gasteiger partial charge in [-0.15, -0.1) is 0 Å². The molecule has 1 aromatic heterocycles. The molecule has 0 radical (unpaired) electrons. The summed E-state index contributed by atoms with van der Waals surface area (Å²) in [6.07, 6.45) is 3.20. The molecular formula is C16H28N2O. The molecule has 19 heavy (non-hydrogen) atoms. The van der Waals surface area contributed by atoms with E-state index in [1.165, 1.54) is 18.5 Å². The zero-order chi connectivity index (χ0) is 13.8. The first-order valence-corrected chi connectivity index (χ1v) is 7.55. The van der Waals surface area contributed by atoms with Crippen LogP contribution < -0.4 is 5.32 Å². The van der Waals surface area contributed by atoms with Crippen LogP contribution in [-0.4, -0.2) is 24.0 Å². The van der Waals surface area contributed by atoms with Gasteiger partial charge in [0.1, 0.15) is 5.76 Å². The first-order valence-electron chi connectivity index (χ1n) is 7.55. The number of nitrogens with zero attached hydrogens (tertiary/aromatic N) is 1. The van der Waals surface area contributed by atoms with Gasteiger partial charge in [-0.3, -0.25) is 4.90 Å². The van der Waals surface area contributed by atoms with Gasteiger partial charge in [-0.05, 0) is 37.8 Å². The number of rotatable bonds is 6. The minimum absolute atomic E-state index is 0.683. The van der Waals surface area contributed by atoms with Crippen molar-refractivity contribution in [2.24, 2.45) is 11.8 Å². The van der Waals surface area contributed by atoms with Crippen LogP contribution in [0.1, 0.15) is 45.4 Å². The second-order valence-electron chi connectivity index (χ2n) is 6.57. The van der Waals surface area contributed by atoms with Crippen LogP contribution in [0.25, 0.3) is 0 Å². The summed E-state index contributed by atoms with van der Waals surface area (Å²) in [5, 5.41) is 3.45. The van der Waals surface area contributed by atoms with E-state index in [-0.39, 0.29) is 0 Å². The van der Waals surface area contributed by atoms with Gasteiger partial charge in [0.25, 0.3) is 0 Å². The predicted octanol–water partition coefficient (Wildman–Crippen LogP) is 3.26. The summed E-state index contributed by atoms with van der Waals surface area (Å²) in [7, 11) is 0. The van der Waals surface area contributed by atoms with Crippen molar-refractivity contribution in [2.75, 3.05) is 13.1 Å². The Bertz CT molecular complexity index is 386. The van der Waals surface area contributed by atoms with Crippen molar-refractivity contribution >= 4 is 0 Å². The van der Waals surface area contributed by atoms with E-state index in [9.17, 15) is 0 Å². The van der Waals surface area contributed by atoms with E-state index in [0.717, 1.165) is 31.3 Å². The first kappa shape index (κ1) is 14.6. The maximum atomic E-state index is 5.69. The molecule has 0 spiro atoms. The summed E-state index contributed by atoms with van der Waals surface area (Å²) < 4.78 is 5.69. The molecule has 1 saturated heterocycles. The molecule has 108 valence electrons. The molecule has 0 saturated carbocycles.